The van der Waals surface area contributed by atoms with Crippen molar-refractivity contribution in [2.45, 2.75) is 37.4 Å². The molecule has 0 aliphatic heterocycles. The maximum atomic E-state index is 12.3. The van der Waals surface area contributed by atoms with Crippen molar-refractivity contribution >= 4 is 46.5 Å². The molecule has 3 amide bonds. The lowest BCUT2D eigenvalue weighted by Crippen LogP contribution is -2.54. The van der Waals surface area contributed by atoms with Crippen LogP contribution < -0.4 is 21.7 Å². The quantitative estimate of drug-likeness (QED) is 0.156. The summed E-state index contributed by atoms with van der Waals surface area (Å²) < 4.78 is 0. The van der Waals surface area contributed by atoms with Gasteiger partial charge >= 0.3 is 17.9 Å². The van der Waals surface area contributed by atoms with Crippen molar-refractivity contribution in [1.29, 1.82) is 0 Å². The van der Waals surface area contributed by atoms with Gasteiger partial charge in [-0.1, -0.05) is 18.2 Å². The van der Waals surface area contributed by atoms with E-state index in [1.165, 1.54) is 0 Å². The van der Waals surface area contributed by atoms with E-state index in [-0.39, 0.29) is 6.42 Å². The second-order valence-corrected chi connectivity index (χ2v) is 7.60. The Hall–Kier alpha value is -4.46. The van der Waals surface area contributed by atoms with Gasteiger partial charge in [0.05, 0.1) is 25.4 Å². The third-order valence-electron chi connectivity index (χ3n) is 4.90. The number of rotatable bonds is 13. The summed E-state index contributed by atoms with van der Waals surface area (Å²) in [6.45, 7) is -0.705. The zero-order chi connectivity index (χ0) is 26.1. The first-order valence-corrected chi connectivity index (χ1v) is 10.3. The van der Waals surface area contributed by atoms with Crippen LogP contribution in [0, 0.1) is 0 Å². The van der Waals surface area contributed by atoms with Crippen molar-refractivity contribution in [2.24, 2.45) is 5.73 Å². The lowest BCUT2D eigenvalue weighted by molar-refractivity contribution is -0.143. The minimum absolute atomic E-state index is 0.0435. The number of amides is 3. The van der Waals surface area contributed by atoms with E-state index < -0.39 is 73.1 Å². The Morgan fingerprint density at radius 1 is 0.886 bits per heavy atom. The summed E-state index contributed by atoms with van der Waals surface area (Å²) in [4.78, 5) is 72.9. The smallest absolute Gasteiger partial charge is 0.326 e. The number of carbonyl (C=O) groups is 6. The number of fused-ring (bicyclic) bond motifs is 1. The molecule has 0 aliphatic rings. The monoisotopic (exact) mass is 491 g/mol. The van der Waals surface area contributed by atoms with Gasteiger partial charge in [0.2, 0.25) is 17.7 Å². The van der Waals surface area contributed by atoms with Gasteiger partial charge in [0.25, 0.3) is 0 Å². The molecule has 1 aromatic heterocycles. The summed E-state index contributed by atoms with van der Waals surface area (Å²) in [5.41, 5.74) is 6.84. The Morgan fingerprint density at radius 2 is 1.54 bits per heavy atom. The van der Waals surface area contributed by atoms with Crippen molar-refractivity contribution in [1.82, 2.24) is 20.9 Å². The molecule has 1 heterocycles. The molecule has 2 aromatic rings. The number of carbonyl (C=O) groups excluding carboxylic acids is 3. The fourth-order valence-corrected chi connectivity index (χ4v) is 3.20. The minimum Gasteiger partial charge on any atom is -0.481 e. The molecule has 0 aliphatic carbocycles. The van der Waals surface area contributed by atoms with Crippen LogP contribution in [0.2, 0.25) is 0 Å². The zero-order valence-corrected chi connectivity index (χ0v) is 18.3. The van der Waals surface area contributed by atoms with Crippen molar-refractivity contribution in [3.8, 4) is 0 Å². The molecule has 0 spiro atoms. The van der Waals surface area contributed by atoms with Crippen LogP contribution in [-0.4, -0.2) is 80.6 Å². The predicted octanol–water partition coefficient (Wildman–Crippen LogP) is -1.84. The highest BCUT2D eigenvalue weighted by atomic mass is 16.4. The number of benzene rings is 1. The molecule has 35 heavy (non-hydrogen) atoms. The van der Waals surface area contributed by atoms with Crippen LogP contribution in [0.1, 0.15) is 18.4 Å². The molecule has 14 heteroatoms. The summed E-state index contributed by atoms with van der Waals surface area (Å²) in [5, 5.41) is 34.4. The summed E-state index contributed by atoms with van der Waals surface area (Å²) >= 11 is 0. The summed E-state index contributed by atoms with van der Waals surface area (Å²) in [6, 6.07) is 2.70. The molecule has 0 radical (unpaired) electrons. The summed E-state index contributed by atoms with van der Waals surface area (Å²) in [7, 11) is 0. The van der Waals surface area contributed by atoms with Crippen LogP contribution in [0.4, 0.5) is 0 Å². The standard InChI is InChI=1S/C21H25N5O9/c22-12(6-17(28)29)19(32)26-14(7-18(30)31)20(33)24-9-16(27)25-15(21(34)35)5-10-8-23-13-4-2-1-3-11(10)13/h1-4,8,12,14-15,23H,5-7,9,22H2,(H,24,33)(H,25,27)(H,26,32)(H,28,29)(H,30,31)(H,34,35). The van der Waals surface area contributed by atoms with E-state index in [1.54, 1.807) is 18.3 Å². The van der Waals surface area contributed by atoms with Gasteiger partial charge in [-0.15, -0.1) is 0 Å². The van der Waals surface area contributed by atoms with E-state index in [2.05, 4.69) is 15.6 Å². The van der Waals surface area contributed by atoms with Crippen molar-refractivity contribution < 1.29 is 44.1 Å². The van der Waals surface area contributed by atoms with E-state index in [0.717, 1.165) is 10.9 Å². The average molecular weight is 491 g/mol. The third kappa shape index (κ3) is 8.12. The first kappa shape index (κ1) is 26.8. The second kappa shape index (κ2) is 12.1. The number of carboxylic acid groups (broad SMARTS) is 3. The maximum Gasteiger partial charge on any atom is 0.326 e. The molecule has 0 bridgehead atoms. The molecular weight excluding hydrogens is 466 g/mol. The van der Waals surface area contributed by atoms with Gasteiger partial charge in [0.15, 0.2) is 0 Å². The number of hydrogen-bond donors (Lipinski definition) is 8. The number of aliphatic carboxylic acids is 3. The first-order valence-electron chi connectivity index (χ1n) is 10.3. The molecule has 1 aromatic carbocycles. The molecule has 3 atom stereocenters. The highest BCUT2D eigenvalue weighted by molar-refractivity contribution is 5.95. The highest BCUT2D eigenvalue weighted by Crippen LogP contribution is 2.19. The molecule has 0 saturated carbocycles. The molecule has 0 saturated heterocycles. The van der Waals surface area contributed by atoms with Gasteiger partial charge in [-0.3, -0.25) is 24.0 Å². The number of hydrogen-bond acceptors (Lipinski definition) is 7. The number of H-pyrrole nitrogens is 1. The van der Waals surface area contributed by atoms with Crippen molar-refractivity contribution in [3.63, 3.8) is 0 Å². The Balaban J connectivity index is 1.97. The molecule has 14 nitrogen and oxygen atoms in total. The number of aromatic nitrogens is 1. The maximum absolute atomic E-state index is 12.3. The van der Waals surface area contributed by atoms with Crippen LogP contribution >= 0.6 is 0 Å². The Kier molecular flexibility index (Phi) is 9.28. The Morgan fingerprint density at radius 3 is 2.17 bits per heavy atom. The number of carboxylic acids is 3. The van der Waals surface area contributed by atoms with Crippen LogP contribution in [0.15, 0.2) is 30.5 Å². The fraction of sp³-hybridized carbons (Fsp3) is 0.333. The van der Waals surface area contributed by atoms with Crippen LogP contribution in [-0.2, 0) is 35.2 Å². The SMILES string of the molecule is NC(CC(=O)O)C(=O)NC(CC(=O)O)C(=O)NCC(=O)NC(Cc1c[nH]c2ccccc12)C(=O)O. The van der Waals surface area contributed by atoms with E-state index in [4.69, 9.17) is 15.9 Å². The van der Waals surface area contributed by atoms with Crippen molar-refractivity contribution in [3.05, 3.63) is 36.0 Å². The third-order valence-corrected chi connectivity index (χ3v) is 4.90. The van der Waals surface area contributed by atoms with E-state index in [1.807, 2.05) is 17.4 Å². The summed E-state index contributed by atoms with van der Waals surface area (Å²) in [5.74, 6) is -7.12. The topological polar surface area (TPSA) is 241 Å². The molecule has 9 N–H and O–H groups in total. The van der Waals surface area contributed by atoms with Crippen LogP contribution in [0.3, 0.4) is 0 Å². The van der Waals surface area contributed by atoms with E-state index in [9.17, 15) is 33.9 Å². The number of nitrogens with one attached hydrogen (secondary N) is 4. The van der Waals surface area contributed by atoms with E-state index in [0.29, 0.717) is 5.56 Å². The number of aromatic amines is 1. The van der Waals surface area contributed by atoms with Gasteiger partial charge in [0, 0.05) is 23.5 Å². The fourth-order valence-electron chi connectivity index (χ4n) is 3.20. The van der Waals surface area contributed by atoms with Gasteiger partial charge in [0.1, 0.15) is 12.1 Å². The lowest BCUT2D eigenvalue weighted by Gasteiger charge is -2.19. The number of para-hydroxylation sites is 1. The second-order valence-electron chi connectivity index (χ2n) is 7.60. The van der Waals surface area contributed by atoms with Gasteiger partial charge < -0.3 is 42.0 Å². The van der Waals surface area contributed by atoms with E-state index >= 15 is 0 Å². The molecular formula is C21H25N5O9. The highest BCUT2D eigenvalue weighted by Gasteiger charge is 2.28. The lowest BCUT2D eigenvalue weighted by atomic mass is 10.0. The molecule has 188 valence electrons. The van der Waals surface area contributed by atoms with Crippen LogP contribution in [0.5, 0.6) is 0 Å². The predicted molar refractivity (Wildman–Crippen MR) is 119 cm³/mol. The molecule has 0 fully saturated rings. The normalized spacial score (nSPS) is 13.3. The Labute approximate surface area is 197 Å². The first-order chi connectivity index (χ1) is 16.5. The number of nitrogens with two attached hydrogens (primary N) is 1. The molecule has 2 rings (SSSR count). The van der Waals surface area contributed by atoms with Gasteiger partial charge in [-0.25, -0.2) is 4.79 Å². The Bertz CT molecular complexity index is 1130. The zero-order valence-electron chi connectivity index (χ0n) is 18.3. The largest absolute Gasteiger partial charge is 0.481 e. The average Bonchev–Trinajstić information content (AvgIpc) is 3.18. The van der Waals surface area contributed by atoms with Crippen molar-refractivity contribution in [2.75, 3.05) is 6.54 Å². The van der Waals surface area contributed by atoms with Gasteiger partial charge in [-0.2, -0.15) is 0 Å². The minimum atomic E-state index is -1.64. The van der Waals surface area contributed by atoms with Crippen LogP contribution in [0.25, 0.3) is 10.9 Å². The van der Waals surface area contributed by atoms with Gasteiger partial charge in [-0.05, 0) is 11.6 Å². The summed E-state index contributed by atoms with van der Waals surface area (Å²) in [6.07, 6.45) is -0.0269. The molecule has 3 unspecified atom stereocenters.